The Labute approximate surface area is 123 Å². The second kappa shape index (κ2) is 10.3. The highest BCUT2D eigenvalue weighted by Gasteiger charge is 2.21. The molecule has 1 atom stereocenters. The number of unbranched alkanes of at least 4 members (excludes halogenated alkanes) is 6. The van der Waals surface area contributed by atoms with Crippen molar-refractivity contribution in [3.05, 3.63) is 0 Å². The average molecular weight is 318 g/mol. The molecule has 1 aliphatic heterocycles. The summed E-state index contributed by atoms with van der Waals surface area (Å²) in [6.07, 6.45) is 12.8. The van der Waals surface area contributed by atoms with Gasteiger partial charge in [0.25, 0.3) is 0 Å². The van der Waals surface area contributed by atoms with Crippen molar-refractivity contribution in [3.63, 3.8) is 0 Å². The number of likely N-dealkylation sites (tertiary alicyclic amines) is 1. The third kappa shape index (κ3) is 7.13. The van der Waals surface area contributed by atoms with Crippen molar-refractivity contribution in [1.29, 1.82) is 0 Å². The SMILES string of the molecule is CCCCCCCCCN1CCC(C(C)Br)CC1. The maximum absolute atomic E-state index is 3.73. The molecule has 1 nitrogen and oxygen atoms in total. The summed E-state index contributed by atoms with van der Waals surface area (Å²) >= 11 is 3.73. The van der Waals surface area contributed by atoms with Gasteiger partial charge in [-0.05, 0) is 44.8 Å². The van der Waals surface area contributed by atoms with Gasteiger partial charge in [-0.2, -0.15) is 0 Å². The van der Waals surface area contributed by atoms with Gasteiger partial charge in [0.1, 0.15) is 0 Å². The third-order valence-electron chi connectivity index (χ3n) is 4.36. The van der Waals surface area contributed by atoms with Gasteiger partial charge in [0.05, 0.1) is 0 Å². The number of hydrogen-bond acceptors (Lipinski definition) is 1. The summed E-state index contributed by atoms with van der Waals surface area (Å²) in [6, 6.07) is 0. The van der Waals surface area contributed by atoms with Gasteiger partial charge in [-0.15, -0.1) is 0 Å². The van der Waals surface area contributed by atoms with Crippen LogP contribution in [0.4, 0.5) is 0 Å². The molecule has 1 fully saturated rings. The Bertz CT molecular complexity index is 186. The minimum atomic E-state index is 0.707. The Balaban J connectivity index is 1.91. The van der Waals surface area contributed by atoms with E-state index in [1.54, 1.807) is 0 Å². The van der Waals surface area contributed by atoms with Crippen molar-refractivity contribution in [2.24, 2.45) is 5.92 Å². The van der Waals surface area contributed by atoms with Crippen LogP contribution in [0.3, 0.4) is 0 Å². The first-order valence-corrected chi connectivity index (χ1v) is 9.02. The molecule has 0 aromatic carbocycles. The topological polar surface area (TPSA) is 3.24 Å². The molecule has 1 saturated heterocycles. The summed E-state index contributed by atoms with van der Waals surface area (Å²) in [7, 11) is 0. The van der Waals surface area contributed by atoms with Gasteiger partial charge in [-0.1, -0.05) is 68.3 Å². The molecule has 0 saturated carbocycles. The van der Waals surface area contributed by atoms with Gasteiger partial charge in [0, 0.05) is 4.83 Å². The number of halogens is 1. The molecule has 1 aliphatic rings. The lowest BCUT2D eigenvalue weighted by atomic mass is 9.94. The van der Waals surface area contributed by atoms with Gasteiger partial charge < -0.3 is 4.90 Å². The van der Waals surface area contributed by atoms with Gasteiger partial charge in [-0.25, -0.2) is 0 Å². The predicted molar refractivity (Wildman–Crippen MR) is 85.5 cm³/mol. The molecule has 0 aromatic rings. The second-order valence-corrected chi connectivity index (χ2v) is 7.42. The van der Waals surface area contributed by atoms with Crippen molar-refractivity contribution in [2.45, 2.75) is 76.5 Å². The lowest BCUT2D eigenvalue weighted by Crippen LogP contribution is -2.36. The number of alkyl halides is 1. The van der Waals surface area contributed by atoms with E-state index in [1.807, 2.05) is 0 Å². The molecule has 18 heavy (non-hydrogen) atoms. The summed E-state index contributed by atoms with van der Waals surface area (Å²) in [5, 5.41) is 0. The van der Waals surface area contributed by atoms with E-state index < -0.39 is 0 Å². The van der Waals surface area contributed by atoms with Gasteiger partial charge >= 0.3 is 0 Å². The fraction of sp³-hybridized carbons (Fsp3) is 1.00. The highest BCUT2D eigenvalue weighted by molar-refractivity contribution is 9.09. The van der Waals surface area contributed by atoms with Gasteiger partial charge in [0.2, 0.25) is 0 Å². The zero-order valence-electron chi connectivity index (χ0n) is 12.5. The van der Waals surface area contributed by atoms with E-state index in [0.717, 1.165) is 5.92 Å². The third-order valence-corrected chi connectivity index (χ3v) is 5.11. The minimum absolute atomic E-state index is 0.707. The molecule has 1 rings (SSSR count). The quantitative estimate of drug-likeness (QED) is 0.415. The highest BCUT2D eigenvalue weighted by atomic mass is 79.9. The lowest BCUT2D eigenvalue weighted by Gasteiger charge is -2.33. The van der Waals surface area contributed by atoms with E-state index in [-0.39, 0.29) is 0 Å². The molecule has 0 amide bonds. The Morgan fingerprint density at radius 2 is 1.56 bits per heavy atom. The summed E-state index contributed by atoms with van der Waals surface area (Å²) in [6.45, 7) is 8.60. The summed E-state index contributed by atoms with van der Waals surface area (Å²) in [5.74, 6) is 0.912. The van der Waals surface area contributed by atoms with E-state index in [0.29, 0.717) is 4.83 Å². The van der Waals surface area contributed by atoms with Crippen LogP contribution >= 0.6 is 15.9 Å². The first-order valence-electron chi connectivity index (χ1n) is 8.10. The Kier molecular flexibility index (Phi) is 9.40. The van der Waals surface area contributed by atoms with Gasteiger partial charge in [0.15, 0.2) is 0 Å². The van der Waals surface area contributed by atoms with Crippen LogP contribution in [0.15, 0.2) is 0 Å². The maximum Gasteiger partial charge on any atom is 0.0146 e. The maximum atomic E-state index is 3.73. The lowest BCUT2D eigenvalue weighted by molar-refractivity contribution is 0.182. The van der Waals surface area contributed by atoms with Crippen LogP contribution < -0.4 is 0 Å². The molecule has 0 radical (unpaired) electrons. The number of piperidine rings is 1. The van der Waals surface area contributed by atoms with E-state index in [4.69, 9.17) is 0 Å². The molecule has 0 spiro atoms. The minimum Gasteiger partial charge on any atom is -0.303 e. The van der Waals surface area contributed by atoms with E-state index in [1.165, 1.54) is 77.4 Å². The normalized spacial score (nSPS) is 20.2. The van der Waals surface area contributed by atoms with Crippen LogP contribution in [-0.2, 0) is 0 Å². The number of hydrogen-bond donors (Lipinski definition) is 0. The molecule has 2 heteroatoms. The predicted octanol–water partition coefficient (Wildman–Crippen LogP) is 5.23. The van der Waals surface area contributed by atoms with Crippen LogP contribution in [0.5, 0.6) is 0 Å². The molecule has 0 bridgehead atoms. The summed E-state index contributed by atoms with van der Waals surface area (Å²) < 4.78 is 0. The first kappa shape index (κ1) is 16.5. The number of nitrogens with zero attached hydrogens (tertiary/aromatic N) is 1. The smallest absolute Gasteiger partial charge is 0.0146 e. The molecule has 0 aromatic heterocycles. The van der Waals surface area contributed by atoms with Crippen molar-refractivity contribution in [3.8, 4) is 0 Å². The fourth-order valence-electron chi connectivity index (χ4n) is 2.93. The highest BCUT2D eigenvalue weighted by Crippen LogP contribution is 2.25. The van der Waals surface area contributed by atoms with Gasteiger partial charge in [-0.3, -0.25) is 0 Å². The monoisotopic (exact) mass is 317 g/mol. The molecule has 0 N–H and O–H groups in total. The van der Waals surface area contributed by atoms with Crippen LogP contribution in [0, 0.1) is 5.92 Å². The summed E-state index contributed by atoms with van der Waals surface area (Å²) in [4.78, 5) is 3.39. The van der Waals surface area contributed by atoms with Crippen LogP contribution in [-0.4, -0.2) is 29.4 Å². The Hall–Kier alpha value is 0.440. The largest absolute Gasteiger partial charge is 0.303 e. The fourth-order valence-corrected chi connectivity index (χ4v) is 3.46. The summed E-state index contributed by atoms with van der Waals surface area (Å²) in [5.41, 5.74) is 0. The van der Waals surface area contributed by atoms with Crippen LogP contribution in [0.25, 0.3) is 0 Å². The van der Waals surface area contributed by atoms with Crippen molar-refractivity contribution in [2.75, 3.05) is 19.6 Å². The standard InChI is InChI=1S/C16H32BrN/c1-3-4-5-6-7-8-9-12-18-13-10-16(11-14-18)15(2)17/h15-16H,3-14H2,1-2H3. The number of rotatable bonds is 9. The van der Waals surface area contributed by atoms with E-state index in [2.05, 4.69) is 34.7 Å². The molecule has 108 valence electrons. The van der Waals surface area contributed by atoms with Crippen molar-refractivity contribution in [1.82, 2.24) is 4.90 Å². The zero-order chi connectivity index (χ0) is 13.2. The average Bonchev–Trinajstić information content (AvgIpc) is 2.38. The van der Waals surface area contributed by atoms with E-state index in [9.17, 15) is 0 Å². The molecule has 0 aliphatic carbocycles. The Morgan fingerprint density at radius 1 is 1.00 bits per heavy atom. The first-order chi connectivity index (χ1) is 8.74. The second-order valence-electron chi connectivity index (χ2n) is 5.98. The van der Waals surface area contributed by atoms with Crippen molar-refractivity contribution >= 4 is 15.9 Å². The zero-order valence-corrected chi connectivity index (χ0v) is 14.1. The molecule has 1 unspecified atom stereocenters. The Morgan fingerprint density at radius 3 is 2.11 bits per heavy atom. The van der Waals surface area contributed by atoms with Crippen LogP contribution in [0.1, 0.15) is 71.6 Å². The van der Waals surface area contributed by atoms with Crippen LogP contribution in [0.2, 0.25) is 0 Å². The molecular formula is C16H32BrN. The molecule has 1 heterocycles. The van der Waals surface area contributed by atoms with E-state index >= 15 is 0 Å². The van der Waals surface area contributed by atoms with Crippen molar-refractivity contribution < 1.29 is 0 Å². The molecular weight excluding hydrogens is 286 g/mol.